The van der Waals surface area contributed by atoms with Crippen LogP contribution in [0.3, 0.4) is 0 Å². The second-order valence-corrected chi connectivity index (χ2v) is 28.4. The molecule has 0 aliphatic carbocycles. The number of hydrogen-bond donors (Lipinski definition) is 2. The van der Waals surface area contributed by atoms with Crippen molar-refractivity contribution < 1.29 is 32.9 Å². The van der Waals surface area contributed by atoms with Crippen LogP contribution in [0.5, 0.6) is 0 Å². The highest BCUT2D eigenvalue weighted by molar-refractivity contribution is 7.45. The van der Waals surface area contributed by atoms with Crippen molar-refractivity contribution in [3.63, 3.8) is 0 Å². The Morgan fingerprint density at radius 3 is 0.840 bits per heavy atom. The highest BCUT2D eigenvalue weighted by Crippen LogP contribution is 2.38. The first-order chi connectivity index (χ1) is 39.5. The summed E-state index contributed by atoms with van der Waals surface area (Å²) in [6.07, 6.45) is 80.7. The van der Waals surface area contributed by atoms with Crippen molar-refractivity contribution in [1.82, 2.24) is 5.32 Å². The van der Waals surface area contributed by atoms with Crippen LogP contribution in [-0.2, 0) is 18.4 Å². The van der Waals surface area contributed by atoms with Crippen LogP contribution < -0.4 is 10.2 Å². The molecule has 0 radical (unpaired) electrons. The lowest BCUT2D eigenvalue weighted by Gasteiger charge is -2.30. The first kappa shape index (κ1) is 80.5. The summed E-state index contributed by atoms with van der Waals surface area (Å²) < 4.78 is 23.5. The molecular weight excluding hydrogens is 1020 g/mol. The lowest BCUT2D eigenvalue weighted by atomic mass is 10.0. The fourth-order valence-corrected chi connectivity index (χ4v) is 12.6. The number of amides is 1. The second kappa shape index (κ2) is 64.0. The maximum Gasteiger partial charge on any atom is 0.268 e. The van der Waals surface area contributed by atoms with E-state index in [1.54, 1.807) is 0 Å². The van der Waals surface area contributed by atoms with E-state index in [0.717, 1.165) is 38.5 Å². The molecule has 1 amide bonds. The molecule has 0 aromatic heterocycles. The highest BCUT2D eigenvalue weighted by atomic mass is 31.2. The van der Waals surface area contributed by atoms with Crippen molar-refractivity contribution in [2.45, 2.75) is 418 Å². The molecule has 0 aliphatic rings. The van der Waals surface area contributed by atoms with Gasteiger partial charge in [-0.3, -0.25) is 9.36 Å². The van der Waals surface area contributed by atoms with Gasteiger partial charge in [-0.15, -0.1) is 0 Å². The van der Waals surface area contributed by atoms with Crippen molar-refractivity contribution in [3.8, 4) is 0 Å². The summed E-state index contributed by atoms with van der Waals surface area (Å²) >= 11 is 0. The van der Waals surface area contributed by atoms with E-state index in [2.05, 4.69) is 19.2 Å². The van der Waals surface area contributed by atoms with Crippen LogP contribution >= 0.6 is 7.82 Å². The van der Waals surface area contributed by atoms with Gasteiger partial charge in [0.25, 0.3) is 7.82 Å². The van der Waals surface area contributed by atoms with E-state index in [9.17, 15) is 19.4 Å². The molecule has 0 aromatic carbocycles. The van der Waals surface area contributed by atoms with Gasteiger partial charge in [0, 0.05) is 6.42 Å². The van der Waals surface area contributed by atoms with Crippen molar-refractivity contribution in [2.24, 2.45) is 0 Å². The van der Waals surface area contributed by atoms with Crippen molar-refractivity contribution >= 4 is 13.7 Å². The largest absolute Gasteiger partial charge is 0.756 e. The molecule has 0 saturated heterocycles. The quantitative estimate of drug-likeness (QED) is 0.0357. The maximum absolute atomic E-state index is 13.1. The number of phosphoric acid groups is 1. The smallest absolute Gasteiger partial charge is 0.268 e. The predicted molar refractivity (Wildman–Crippen MR) is 353 cm³/mol. The van der Waals surface area contributed by atoms with Gasteiger partial charge in [0.2, 0.25) is 5.91 Å². The Balaban J connectivity index is 3.87. The highest BCUT2D eigenvalue weighted by Gasteiger charge is 2.24. The van der Waals surface area contributed by atoms with Crippen LogP contribution in [-0.4, -0.2) is 68.5 Å². The normalized spacial score (nSPS) is 13.5. The van der Waals surface area contributed by atoms with Gasteiger partial charge in [-0.1, -0.05) is 386 Å². The molecule has 486 valence electrons. The molecule has 81 heavy (non-hydrogen) atoms. The zero-order valence-electron chi connectivity index (χ0n) is 55.8. The Morgan fingerprint density at radius 1 is 0.383 bits per heavy atom. The number of nitrogens with zero attached hydrogens (tertiary/aromatic N) is 1. The zero-order valence-corrected chi connectivity index (χ0v) is 56.7. The summed E-state index contributed by atoms with van der Waals surface area (Å²) in [5, 5.41) is 14.1. The molecular formula is C72H147N2O6P. The molecule has 0 saturated carbocycles. The first-order valence-electron chi connectivity index (χ1n) is 36.9. The maximum atomic E-state index is 13.1. The van der Waals surface area contributed by atoms with Crippen LogP contribution in [0.2, 0.25) is 0 Å². The van der Waals surface area contributed by atoms with Gasteiger partial charge in [0.1, 0.15) is 13.2 Å². The van der Waals surface area contributed by atoms with E-state index in [-0.39, 0.29) is 19.1 Å². The third-order valence-corrected chi connectivity index (χ3v) is 18.6. The molecule has 3 unspecified atom stereocenters. The van der Waals surface area contributed by atoms with Crippen molar-refractivity contribution in [1.29, 1.82) is 0 Å². The molecule has 0 rings (SSSR count). The summed E-state index contributed by atoms with van der Waals surface area (Å²) in [4.78, 5) is 25.7. The fraction of sp³-hybridized carbons (Fsp3) is 0.986. The number of unbranched alkanes of at least 4 members (excludes halogenated alkanes) is 57. The molecule has 2 N–H and O–H groups in total. The second-order valence-electron chi connectivity index (χ2n) is 27.0. The van der Waals surface area contributed by atoms with Gasteiger partial charge < -0.3 is 28.8 Å². The van der Waals surface area contributed by atoms with Gasteiger partial charge in [-0.25, -0.2) is 0 Å². The number of carbonyl (C=O) groups excluding carboxylic acids is 1. The number of phosphoric ester groups is 1. The minimum atomic E-state index is -4.57. The summed E-state index contributed by atoms with van der Waals surface area (Å²) in [5.74, 6) is -0.153. The van der Waals surface area contributed by atoms with Crippen LogP contribution in [0.15, 0.2) is 0 Å². The number of hydrogen-bond acceptors (Lipinski definition) is 6. The number of aliphatic hydroxyl groups is 1. The van der Waals surface area contributed by atoms with Gasteiger partial charge in [-0.05, 0) is 12.8 Å². The fourth-order valence-electron chi connectivity index (χ4n) is 11.9. The van der Waals surface area contributed by atoms with E-state index in [0.29, 0.717) is 23.9 Å². The van der Waals surface area contributed by atoms with Crippen molar-refractivity contribution in [2.75, 3.05) is 40.9 Å². The van der Waals surface area contributed by atoms with E-state index in [1.165, 1.54) is 340 Å². The average Bonchev–Trinajstić information content (AvgIpc) is 3.43. The molecule has 8 nitrogen and oxygen atoms in total. The summed E-state index contributed by atoms with van der Waals surface area (Å²) in [7, 11) is 1.33. The first-order valence-corrected chi connectivity index (χ1v) is 38.3. The van der Waals surface area contributed by atoms with E-state index in [1.807, 2.05) is 21.1 Å². The van der Waals surface area contributed by atoms with Crippen LogP contribution in [0.1, 0.15) is 406 Å². The molecule has 0 spiro atoms. The molecule has 0 aromatic rings. The lowest BCUT2D eigenvalue weighted by Crippen LogP contribution is -2.46. The SMILES string of the molecule is CCCCCCCCCCCCCCCCCCCCCCCCCCCCCCCCCCCCCCCCC(=O)NC(COP(=O)([O-])OCC[N+](C)(C)C)C(O)CCCCCCCCCCCCCCCCCCCCCCC. The number of nitrogens with one attached hydrogen (secondary N) is 1. The molecule has 0 heterocycles. The van der Waals surface area contributed by atoms with E-state index < -0.39 is 20.0 Å². The van der Waals surface area contributed by atoms with Crippen LogP contribution in [0, 0.1) is 0 Å². The Bertz CT molecular complexity index is 1280. The zero-order chi connectivity index (χ0) is 59.1. The average molecular weight is 1170 g/mol. The van der Waals surface area contributed by atoms with Crippen LogP contribution in [0.4, 0.5) is 0 Å². The number of aliphatic hydroxyl groups excluding tert-OH is 1. The van der Waals surface area contributed by atoms with E-state index >= 15 is 0 Å². The van der Waals surface area contributed by atoms with Gasteiger partial charge in [-0.2, -0.15) is 0 Å². The Kier molecular flexibility index (Phi) is 63.6. The number of rotatable bonds is 70. The molecule has 0 aliphatic heterocycles. The van der Waals surface area contributed by atoms with E-state index in [4.69, 9.17) is 9.05 Å². The minimum Gasteiger partial charge on any atom is -0.756 e. The topological polar surface area (TPSA) is 108 Å². The predicted octanol–water partition coefficient (Wildman–Crippen LogP) is 22.9. The van der Waals surface area contributed by atoms with Gasteiger partial charge >= 0.3 is 0 Å². The number of carbonyl (C=O) groups is 1. The molecule has 9 heteroatoms. The lowest BCUT2D eigenvalue weighted by molar-refractivity contribution is -0.870. The summed E-state index contributed by atoms with van der Waals surface area (Å²) in [5.41, 5.74) is 0. The Labute approximate surface area is 508 Å². The third-order valence-electron chi connectivity index (χ3n) is 17.6. The molecule has 0 fully saturated rings. The monoisotopic (exact) mass is 1170 g/mol. The van der Waals surface area contributed by atoms with Crippen molar-refractivity contribution in [3.05, 3.63) is 0 Å². The standard InChI is InChI=1S/C72H147N2O6P/c1-6-8-10-12-14-16-18-20-22-24-26-28-29-30-31-32-33-34-35-36-37-38-39-40-41-42-43-44-46-48-50-52-54-56-58-60-62-64-66-72(76)73-70(69-80-81(77,78)79-68-67-74(3,4)5)71(75)65-63-61-59-57-55-53-51-49-47-45-27-25-23-21-19-17-15-13-11-9-7-2/h70-71,75H,6-69H2,1-5H3,(H-,73,76,77,78). The molecule has 0 bridgehead atoms. The number of quaternary nitrogens is 1. The van der Waals surface area contributed by atoms with Gasteiger partial charge in [0.05, 0.1) is 39.9 Å². The Morgan fingerprint density at radius 2 is 0.605 bits per heavy atom. The Hall–Kier alpha value is -0.500. The molecule has 3 atom stereocenters. The minimum absolute atomic E-state index is 0.0169. The van der Waals surface area contributed by atoms with Gasteiger partial charge in [0.15, 0.2) is 0 Å². The van der Waals surface area contributed by atoms with Crippen LogP contribution in [0.25, 0.3) is 0 Å². The summed E-state index contributed by atoms with van der Waals surface area (Å²) in [6.45, 7) is 4.80. The summed E-state index contributed by atoms with van der Waals surface area (Å²) in [6, 6.07) is -0.797. The third kappa shape index (κ3) is 66.9. The number of likely N-dealkylation sites (N-methyl/N-ethyl adjacent to an activating group) is 1.